The fourth-order valence-electron chi connectivity index (χ4n) is 2.01. The molecule has 0 aromatic heterocycles. The zero-order valence-electron chi connectivity index (χ0n) is 16.5. The molecule has 0 bridgehead atoms. The molecule has 2 aromatic rings. The third-order valence-electron chi connectivity index (χ3n) is 2.83. The molecule has 0 radical (unpaired) electrons. The van der Waals surface area contributed by atoms with Gasteiger partial charge in [0.15, 0.2) is 0 Å². The van der Waals surface area contributed by atoms with Crippen molar-refractivity contribution in [1.29, 1.82) is 0 Å². The summed E-state index contributed by atoms with van der Waals surface area (Å²) < 4.78 is 23.8. The van der Waals surface area contributed by atoms with E-state index in [1.807, 2.05) is 90.1 Å². The van der Waals surface area contributed by atoms with Gasteiger partial charge in [-0.05, 0) is 0 Å². The minimum atomic E-state index is -1.60. The van der Waals surface area contributed by atoms with Gasteiger partial charge < -0.3 is 24.8 Å². The maximum atomic E-state index is 5.95. The number of ether oxygens (including phenoxy) is 2. The van der Waals surface area contributed by atoms with Crippen LogP contribution in [0.15, 0.2) is 48.5 Å². The van der Waals surface area contributed by atoms with Crippen molar-refractivity contribution in [3.63, 3.8) is 0 Å². The van der Waals surface area contributed by atoms with Crippen LogP contribution in [-0.2, 0) is 24.1 Å². The van der Waals surface area contributed by atoms with Crippen molar-refractivity contribution in [3.8, 4) is 23.0 Å². The van der Waals surface area contributed by atoms with Crippen molar-refractivity contribution < 1.29 is 64.0 Å². The summed E-state index contributed by atoms with van der Waals surface area (Å²) >= 11 is -1.60. The van der Waals surface area contributed by atoms with Crippen molar-refractivity contribution in [2.24, 2.45) is 0 Å². The van der Waals surface area contributed by atoms with Crippen LogP contribution in [0.4, 0.5) is 0 Å². The first-order valence-corrected chi connectivity index (χ1v) is 10.3. The first kappa shape index (κ1) is 26.1. The summed E-state index contributed by atoms with van der Waals surface area (Å²) in [7, 11) is 0. The summed E-state index contributed by atoms with van der Waals surface area (Å²) in [6, 6.07) is 15.4. The summed E-state index contributed by atoms with van der Waals surface area (Å²) in [5.41, 5.74) is -0.559. The van der Waals surface area contributed by atoms with E-state index in [2.05, 4.69) is 0 Å². The summed E-state index contributed by atoms with van der Waals surface area (Å²) in [5.74, 6) is 2.91. The van der Waals surface area contributed by atoms with Gasteiger partial charge in [-0.2, -0.15) is 0 Å². The fourth-order valence-corrected chi connectivity index (χ4v) is 3.38. The molecule has 148 valence electrons. The molecule has 0 N–H and O–H groups in total. The quantitative estimate of drug-likeness (QED) is 0.541. The van der Waals surface area contributed by atoms with Crippen molar-refractivity contribution in [1.82, 2.24) is 0 Å². The molecule has 0 saturated carbocycles. The van der Waals surface area contributed by atoms with E-state index in [9.17, 15) is 0 Å². The van der Waals surface area contributed by atoms with Gasteiger partial charge >= 0.3 is 163 Å². The van der Waals surface area contributed by atoms with Crippen molar-refractivity contribution >= 4 is 0 Å². The largest absolute Gasteiger partial charge is 1.00 e. The van der Waals surface area contributed by atoms with E-state index in [0.717, 1.165) is 23.0 Å². The number of benzene rings is 2. The Bertz CT molecular complexity index is 637. The van der Waals surface area contributed by atoms with Crippen LogP contribution in [0.5, 0.6) is 23.0 Å². The first-order valence-electron chi connectivity index (χ1n) is 8.29. The molecule has 0 aliphatic heterocycles. The average Bonchev–Trinajstić information content (AvgIpc) is 2.48. The number of halogens is 2. The SMILES string of the molecule is CC(C)(C)Oc1ccccc1[O][Zr+2][O]c1ccccc1OC(C)(C)C.[Cl-].[Cl-]. The average molecular weight is 493 g/mol. The zero-order chi connectivity index (χ0) is 18.5. The van der Waals surface area contributed by atoms with Gasteiger partial charge in [-0.3, -0.25) is 0 Å². The second-order valence-corrected chi connectivity index (χ2v) is 9.02. The van der Waals surface area contributed by atoms with Gasteiger partial charge in [-0.15, -0.1) is 0 Å². The molecule has 0 spiro atoms. The molecule has 27 heavy (non-hydrogen) atoms. The van der Waals surface area contributed by atoms with Gasteiger partial charge in [-0.25, -0.2) is 0 Å². The second kappa shape index (κ2) is 11.2. The predicted octanol–water partition coefficient (Wildman–Crippen LogP) is -0.580. The standard InChI is InChI=1S/2C10H14O2.2ClH.Zr/c2*1-10(2,3)12-9-7-5-4-6-8(9)11;;;/h2*4-7,11H,1-3H3;2*1H;/q;;;;+4/p-4. The second-order valence-electron chi connectivity index (χ2n) is 7.61. The molecule has 0 unspecified atom stereocenters. The Morgan fingerprint density at radius 2 is 0.852 bits per heavy atom. The van der Waals surface area contributed by atoms with Crippen LogP contribution in [0.25, 0.3) is 0 Å². The smallest absolute Gasteiger partial charge is 1.00 e. The molecule has 0 amide bonds. The van der Waals surface area contributed by atoms with Crippen LogP contribution in [-0.4, -0.2) is 11.2 Å². The molecule has 2 aromatic carbocycles. The molecule has 0 heterocycles. The molecule has 7 heteroatoms. The van der Waals surface area contributed by atoms with E-state index in [0.29, 0.717) is 0 Å². The minimum Gasteiger partial charge on any atom is -1.00 e. The van der Waals surface area contributed by atoms with Crippen molar-refractivity contribution in [3.05, 3.63) is 48.5 Å². The topological polar surface area (TPSA) is 36.9 Å². The minimum absolute atomic E-state index is 0. The Hall–Kier alpha value is -0.897. The zero-order valence-corrected chi connectivity index (χ0v) is 20.5. The summed E-state index contributed by atoms with van der Waals surface area (Å²) in [4.78, 5) is 0. The molecule has 0 aliphatic rings. The Balaban J connectivity index is 0.00000338. The molecule has 0 fully saturated rings. The van der Waals surface area contributed by atoms with Crippen LogP contribution >= 0.6 is 0 Å². The van der Waals surface area contributed by atoms with Crippen LogP contribution in [0.3, 0.4) is 0 Å². The van der Waals surface area contributed by atoms with E-state index in [4.69, 9.17) is 15.1 Å². The van der Waals surface area contributed by atoms with Gasteiger partial charge in [0, 0.05) is 0 Å². The fraction of sp³-hybridized carbons (Fsp3) is 0.400. The molecular weight excluding hydrogens is 466 g/mol. The Morgan fingerprint density at radius 3 is 1.15 bits per heavy atom. The molecular formula is C20H26Cl2O4Zr. The van der Waals surface area contributed by atoms with E-state index in [1.54, 1.807) is 0 Å². The molecule has 0 atom stereocenters. The Labute approximate surface area is 187 Å². The third-order valence-corrected chi connectivity index (χ3v) is 4.32. The number of hydrogen-bond donors (Lipinski definition) is 0. The van der Waals surface area contributed by atoms with Gasteiger partial charge in [-0.1, -0.05) is 0 Å². The van der Waals surface area contributed by atoms with Crippen LogP contribution in [0.1, 0.15) is 41.5 Å². The third kappa shape index (κ3) is 9.73. The Kier molecular flexibility index (Phi) is 10.8. The monoisotopic (exact) mass is 490 g/mol. The Morgan fingerprint density at radius 1 is 0.556 bits per heavy atom. The molecule has 0 saturated heterocycles. The summed E-state index contributed by atoms with van der Waals surface area (Å²) in [5, 5.41) is 0. The van der Waals surface area contributed by atoms with Crippen LogP contribution in [0.2, 0.25) is 0 Å². The van der Waals surface area contributed by atoms with Crippen molar-refractivity contribution in [2.75, 3.05) is 0 Å². The van der Waals surface area contributed by atoms with E-state index in [-0.39, 0.29) is 36.0 Å². The first-order chi connectivity index (χ1) is 11.6. The van der Waals surface area contributed by atoms with E-state index in [1.165, 1.54) is 0 Å². The van der Waals surface area contributed by atoms with Gasteiger partial charge in [0.05, 0.1) is 0 Å². The normalized spacial score (nSPS) is 10.6. The number of para-hydroxylation sites is 4. The van der Waals surface area contributed by atoms with Crippen LogP contribution < -0.4 is 39.9 Å². The number of rotatable bonds is 6. The van der Waals surface area contributed by atoms with Gasteiger partial charge in [0.2, 0.25) is 0 Å². The molecule has 4 nitrogen and oxygen atoms in total. The summed E-state index contributed by atoms with van der Waals surface area (Å²) in [6.45, 7) is 12.1. The maximum Gasteiger partial charge on any atom is -1.00 e. The van der Waals surface area contributed by atoms with Crippen LogP contribution in [0, 0.1) is 0 Å². The van der Waals surface area contributed by atoms with Gasteiger partial charge in [0.1, 0.15) is 0 Å². The number of hydrogen-bond acceptors (Lipinski definition) is 4. The van der Waals surface area contributed by atoms with Gasteiger partial charge in [0.25, 0.3) is 0 Å². The maximum absolute atomic E-state index is 5.95. The van der Waals surface area contributed by atoms with E-state index >= 15 is 0 Å². The molecule has 0 aliphatic carbocycles. The molecule has 2 rings (SSSR count). The summed E-state index contributed by atoms with van der Waals surface area (Å²) in [6.07, 6.45) is 0. The predicted molar refractivity (Wildman–Crippen MR) is 94.9 cm³/mol. The van der Waals surface area contributed by atoms with Crippen molar-refractivity contribution in [2.45, 2.75) is 52.7 Å². The van der Waals surface area contributed by atoms with E-state index < -0.39 is 24.1 Å².